The van der Waals surface area contributed by atoms with Crippen LogP contribution in [0.1, 0.15) is 71.6 Å². The summed E-state index contributed by atoms with van der Waals surface area (Å²) in [5.41, 5.74) is 2.99. The molecule has 16 heteroatoms. The van der Waals surface area contributed by atoms with Gasteiger partial charge in [-0.1, -0.05) is 12.1 Å². The molecule has 0 unspecified atom stereocenters. The Morgan fingerprint density at radius 3 is 1.54 bits per heavy atom. The summed E-state index contributed by atoms with van der Waals surface area (Å²) in [5.74, 6) is -0.190. The molecule has 4 aromatic heterocycles. The molecule has 10 nitrogen and oxygen atoms in total. The van der Waals surface area contributed by atoms with E-state index in [4.69, 9.17) is 0 Å². The quantitative estimate of drug-likeness (QED) is 0.135. The van der Waals surface area contributed by atoms with E-state index < -0.39 is 23.7 Å². The summed E-state index contributed by atoms with van der Waals surface area (Å²) < 4.78 is 80.9. The Kier molecular flexibility index (Phi) is 10.7. The van der Waals surface area contributed by atoms with E-state index in [0.29, 0.717) is 39.8 Å². The summed E-state index contributed by atoms with van der Waals surface area (Å²) in [7, 11) is 0. The van der Waals surface area contributed by atoms with Crippen molar-refractivity contribution in [3.05, 3.63) is 144 Å². The maximum Gasteiger partial charge on any atom is 0.435 e. The van der Waals surface area contributed by atoms with Crippen LogP contribution < -0.4 is 10.6 Å². The Labute approximate surface area is 316 Å². The molecule has 2 N–H and O–H groups in total. The maximum atomic E-state index is 13.0. The van der Waals surface area contributed by atoms with Crippen LogP contribution >= 0.6 is 0 Å². The zero-order chi connectivity index (χ0) is 39.5. The molecular formula is C40H34F6N8O2. The Balaban J connectivity index is 0.000000172. The first-order valence-corrected chi connectivity index (χ1v) is 17.7. The summed E-state index contributed by atoms with van der Waals surface area (Å²) in [4.78, 5) is 32.3. The number of pyridine rings is 2. The molecule has 0 saturated heterocycles. The fourth-order valence-electron chi connectivity index (χ4n) is 5.96. The third kappa shape index (κ3) is 9.67. The number of hydrogen-bond donors (Lipinski definition) is 2. The van der Waals surface area contributed by atoms with Gasteiger partial charge in [0.25, 0.3) is 0 Å². The van der Waals surface area contributed by atoms with Crippen molar-refractivity contribution >= 4 is 23.2 Å². The molecule has 0 radical (unpaired) electrons. The predicted molar refractivity (Wildman–Crippen MR) is 194 cm³/mol. The Morgan fingerprint density at radius 2 is 1.12 bits per heavy atom. The number of benzene rings is 2. The molecule has 0 bridgehead atoms. The fraction of sp³-hybridized carbons (Fsp3) is 0.250. The molecule has 2 aliphatic rings. The van der Waals surface area contributed by atoms with Gasteiger partial charge in [-0.2, -0.15) is 36.5 Å². The summed E-state index contributed by atoms with van der Waals surface area (Å²) in [6, 6.07) is 24.4. The van der Waals surface area contributed by atoms with E-state index in [-0.39, 0.29) is 36.5 Å². The zero-order valence-corrected chi connectivity index (χ0v) is 29.6. The first-order chi connectivity index (χ1) is 26.8. The standard InChI is InChI=1S/2C20H17F3N4O/c21-20(22,23)18-11-17(14-3-4-14)27(26-18)16-7-5-15(6-8-16)25-19(28)10-13-2-1-9-24-12-13;21-20(22,23)18-12-17(13-4-5-13)27(26-18)16-8-6-14(7-9-16)25-19(28)11-15-3-1-2-10-24-15/h1-2,5-9,11-12,14H,3-4,10H2,(H,25,28);1-3,6-10,12-13H,4-5,11H2,(H,25,28). The number of nitrogens with one attached hydrogen (secondary N) is 2. The van der Waals surface area contributed by atoms with Gasteiger partial charge >= 0.3 is 12.4 Å². The van der Waals surface area contributed by atoms with Crippen molar-refractivity contribution in [3.8, 4) is 11.4 Å². The van der Waals surface area contributed by atoms with Crippen molar-refractivity contribution in [1.82, 2.24) is 29.5 Å². The number of carbonyl (C=O) groups is 2. The molecule has 2 fully saturated rings. The van der Waals surface area contributed by atoms with Gasteiger partial charge in [0.15, 0.2) is 11.4 Å². The molecule has 56 heavy (non-hydrogen) atoms. The zero-order valence-electron chi connectivity index (χ0n) is 29.6. The normalized spacial score (nSPS) is 14.1. The number of rotatable bonds is 10. The van der Waals surface area contributed by atoms with Gasteiger partial charge in [-0.25, -0.2) is 9.36 Å². The highest BCUT2D eigenvalue weighted by atomic mass is 19.4. The molecule has 2 aliphatic carbocycles. The Morgan fingerprint density at radius 1 is 0.625 bits per heavy atom. The van der Waals surface area contributed by atoms with Crippen LogP contribution in [0.2, 0.25) is 0 Å². The molecule has 2 aromatic carbocycles. The number of aromatic nitrogens is 6. The third-order valence-corrected chi connectivity index (χ3v) is 8.99. The van der Waals surface area contributed by atoms with Crippen LogP contribution in [0.25, 0.3) is 11.4 Å². The van der Waals surface area contributed by atoms with E-state index in [1.54, 1.807) is 91.4 Å². The summed E-state index contributed by atoms with van der Waals surface area (Å²) in [6.45, 7) is 0. The van der Waals surface area contributed by atoms with Crippen LogP contribution in [0.4, 0.5) is 37.7 Å². The number of amides is 2. The second-order valence-corrected chi connectivity index (χ2v) is 13.5. The van der Waals surface area contributed by atoms with E-state index in [0.717, 1.165) is 43.4 Å². The van der Waals surface area contributed by atoms with Crippen molar-refractivity contribution in [2.45, 2.75) is 62.7 Å². The minimum Gasteiger partial charge on any atom is -0.326 e. The van der Waals surface area contributed by atoms with Gasteiger partial charge in [-0.05, 0) is 110 Å². The van der Waals surface area contributed by atoms with Gasteiger partial charge in [0.05, 0.1) is 24.2 Å². The van der Waals surface area contributed by atoms with Crippen LogP contribution in [0.15, 0.2) is 110 Å². The lowest BCUT2D eigenvalue weighted by molar-refractivity contribution is -0.142. The predicted octanol–water partition coefficient (Wildman–Crippen LogP) is 8.69. The minimum atomic E-state index is -4.48. The number of anilines is 2. The number of halogens is 6. The number of hydrogen-bond acceptors (Lipinski definition) is 6. The molecular weight excluding hydrogens is 738 g/mol. The minimum absolute atomic E-state index is 0.112. The second kappa shape index (κ2) is 15.8. The molecule has 0 spiro atoms. The SMILES string of the molecule is O=C(Cc1ccccn1)Nc1ccc(-n2nc(C(F)(F)F)cc2C2CC2)cc1.O=C(Cc1cccnc1)Nc1ccc(-n2nc(C(F)(F)F)cc2C2CC2)cc1. The average Bonchev–Trinajstić information content (AvgIpc) is 4.10. The first-order valence-electron chi connectivity index (χ1n) is 17.7. The van der Waals surface area contributed by atoms with E-state index in [1.807, 2.05) is 6.07 Å². The van der Waals surface area contributed by atoms with Crippen molar-refractivity contribution in [3.63, 3.8) is 0 Å². The van der Waals surface area contributed by atoms with Gasteiger partial charge in [0.2, 0.25) is 11.8 Å². The monoisotopic (exact) mass is 772 g/mol. The molecule has 0 atom stereocenters. The second-order valence-electron chi connectivity index (χ2n) is 13.5. The van der Waals surface area contributed by atoms with Gasteiger partial charge < -0.3 is 10.6 Å². The molecule has 2 amide bonds. The lowest BCUT2D eigenvalue weighted by Crippen LogP contribution is -2.15. The van der Waals surface area contributed by atoms with Crippen molar-refractivity contribution in [2.24, 2.45) is 0 Å². The van der Waals surface area contributed by atoms with Crippen LogP contribution in [0.5, 0.6) is 0 Å². The number of carbonyl (C=O) groups excluding carboxylic acids is 2. The van der Waals surface area contributed by atoms with E-state index >= 15 is 0 Å². The summed E-state index contributed by atoms with van der Waals surface area (Å²) in [5, 5.41) is 13.0. The van der Waals surface area contributed by atoms with Gasteiger partial charge in [0.1, 0.15) is 0 Å². The van der Waals surface area contributed by atoms with Gasteiger partial charge in [-0.15, -0.1) is 0 Å². The Hall–Kier alpha value is -6.32. The fourth-order valence-corrected chi connectivity index (χ4v) is 5.96. The third-order valence-electron chi connectivity index (χ3n) is 8.99. The Bertz CT molecular complexity index is 2120. The lowest BCUT2D eigenvalue weighted by Gasteiger charge is -2.09. The molecule has 2 saturated carbocycles. The highest BCUT2D eigenvalue weighted by molar-refractivity contribution is 5.92. The average molecular weight is 773 g/mol. The summed E-state index contributed by atoms with van der Waals surface area (Å²) in [6.07, 6.45) is -0.282. The molecule has 4 heterocycles. The van der Waals surface area contributed by atoms with Crippen molar-refractivity contribution in [2.75, 3.05) is 10.6 Å². The smallest absolute Gasteiger partial charge is 0.326 e. The van der Waals surface area contributed by atoms with Crippen molar-refractivity contribution in [1.29, 1.82) is 0 Å². The molecule has 6 aromatic rings. The van der Waals surface area contributed by atoms with E-state index in [2.05, 4.69) is 30.8 Å². The van der Waals surface area contributed by atoms with Crippen LogP contribution in [-0.2, 0) is 34.8 Å². The first kappa shape index (κ1) is 38.0. The topological polar surface area (TPSA) is 120 Å². The largest absolute Gasteiger partial charge is 0.435 e. The van der Waals surface area contributed by atoms with Crippen LogP contribution in [0.3, 0.4) is 0 Å². The van der Waals surface area contributed by atoms with Crippen molar-refractivity contribution < 1.29 is 35.9 Å². The molecule has 0 aliphatic heterocycles. The summed E-state index contributed by atoms with van der Waals surface area (Å²) >= 11 is 0. The molecule has 288 valence electrons. The number of nitrogens with zero attached hydrogens (tertiary/aromatic N) is 6. The van der Waals surface area contributed by atoms with E-state index in [1.165, 1.54) is 9.36 Å². The van der Waals surface area contributed by atoms with Gasteiger partial charge in [0, 0.05) is 58.9 Å². The highest BCUT2D eigenvalue weighted by Crippen LogP contribution is 2.44. The molecule has 8 rings (SSSR count). The van der Waals surface area contributed by atoms with Crippen LogP contribution in [0, 0.1) is 0 Å². The highest BCUT2D eigenvalue weighted by Gasteiger charge is 2.39. The lowest BCUT2D eigenvalue weighted by atomic mass is 10.2. The van der Waals surface area contributed by atoms with E-state index in [9.17, 15) is 35.9 Å². The van der Waals surface area contributed by atoms with Gasteiger partial charge in [-0.3, -0.25) is 19.6 Å². The number of alkyl halides is 6. The van der Waals surface area contributed by atoms with Crippen LogP contribution in [-0.4, -0.2) is 41.3 Å². The maximum absolute atomic E-state index is 13.0.